The van der Waals surface area contributed by atoms with E-state index < -0.39 is 0 Å². The van der Waals surface area contributed by atoms with Crippen molar-refractivity contribution in [1.29, 1.82) is 0 Å². The molecule has 1 atom stereocenters. The Hall–Kier alpha value is -0.860. The number of rotatable bonds is 1. The van der Waals surface area contributed by atoms with E-state index in [4.69, 9.17) is 0 Å². The van der Waals surface area contributed by atoms with Gasteiger partial charge in [-0.05, 0) is 6.92 Å². The minimum absolute atomic E-state index is 0.251. The fourth-order valence-corrected chi connectivity index (χ4v) is 0.698. The van der Waals surface area contributed by atoms with Crippen LogP contribution in [0.2, 0.25) is 0 Å². The summed E-state index contributed by atoms with van der Waals surface area (Å²) in [6.07, 6.45) is 2.72. The normalized spacial score (nSPS) is 25.1. The molecule has 0 amide bonds. The predicted octanol–water partition coefficient (Wildman–Crippen LogP) is 0.772. The maximum Gasteiger partial charge on any atom is 0.117 e. The van der Waals surface area contributed by atoms with E-state index in [0.717, 1.165) is 12.3 Å². The molecule has 0 fully saturated rings. The van der Waals surface area contributed by atoms with Crippen LogP contribution in [0.4, 0.5) is 0 Å². The van der Waals surface area contributed by atoms with E-state index in [1.165, 1.54) is 0 Å². The summed E-state index contributed by atoms with van der Waals surface area (Å²) < 4.78 is 0. The Balaban J connectivity index is 2.55. The average molecular weight is 125 g/mol. The van der Waals surface area contributed by atoms with Crippen molar-refractivity contribution in [3.63, 3.8) is 0 Å². The molecule has 0 aliphatic carbocycles. The molecule has 1 heterocycles. The Morgan fingerprint density at radius 1 is 1.78 bits per heavy atom. The van der Waals surface area contributed by atoms with Gasteiger partial charge in [0.05, 0.1) is 6.04 Å². The number of hydrogen-bond acceptors (Lipinski definition) is 3. The lowest BCUT2D eigenvalue weighted by Gasteiger charge is -2.09. The zero-order valence-electron chi connectivity index (χ0n) is 5.76. The molecule has 0 saturated carbocycles. The van der Waals surface area contributed by atoms with E-state index in [0.29, 0.717) is 0 Å². The van der Waals surface area contributed by atoms with Crippen molar-refractivity contribution in [2.45, 2.75) is 26.3 Å². The molecule has 1 aliphatic rings. The number of aliphatic imine (C=N–C) groups is 1. The van der Waals surface area contributed by atoms with E-state index >= 15 is 0 Å². The van der Waals surface area contributed by atoms with Crippen LogP contribution in [0.25, 0.3) is 0 Å². The van der Waals surface area contributed by atoms with Gasteiger partial charge in [-0.3, -0.25) is 10.4 Å². The average Bonchev–Trinajstić information content (AvgIpc) is 1.88. The van der Waals surface area contributed by atoms with Crippen molar-refractivity contribution < 1.29 is 0 Å². The topological polar surface area (TPSA) is 36.8 Å². The summed E-state index contributed by atoms with van der Waals surface area (Å²) in [6, 6.07) is 0.251. The van der Waals surface area contributed by atoms with Crippen LogP contribution in [-0.2, 0) is 0 Å². The van der Waals surface area contributed by atoms with Crippen molar-refractivity contribution in [2.75, 3.05) is 0 Å². The third kappa shape index (κ3) is 1.52. The largest absolute Gasteiger partial charge is 0.266 e. The summed E-state index contributed by atoms with van der Waals surface area (Å²) in [6.45, 7) is 4.07. The van der Waals surface area contributed by atoms with Crippen LogP contribution < -0.4 is 5.43 Å². The Morgan fingerprint density at radius 3 is 3.00 bits per heavy atom. The summed E-state index contributed by atoms with van der Waals surface area (Å²) in [7, 11) is 0. The molecule has 9 heavy (non-hydrogen) atoms. The van der Waals surface area contributed by atoms with Crippen LogP contribution in [0.5, 0.6) is 0 Å². The molecule has 0 aromatic heterocycles. The first kappa shape index (κ1) is 6.26. The fourth-order valence-electron chi connectivity index (χ4n) is 0.698. The zero-order chi connectivity index (χ0) is 6.69. The summed E-state index contributed by atoms with van der Waals surface area (Å²) >= 11 is 0. The molecule has 3 heteroatoms. The van der Waals surface area contributed by atoms with E-state index in [9.17, 15) is 0 Å². The van der Waals surface area contributed by atoms with Crippen molar-refractivity contribution in [3.8, 4) is 0 Å². The molecule has 3 nitrogen and oxygen atoms in total. The van der Waals surface area contributed by atoms with Gasteiger partial charge in [-0.15, -0.1) is 0 Å². The van der Waals surface area contributed by atoms with Gasteiger partial charge >= 0.3 is 0 Å². The Kier molecular flexibility index (Phi) is 1.82. The molecule has 0 spiro atoms. The molecular weight excluding hydrogens is 114 g/mol. The van der Waals surface area contributed by atoms with Crippen molar-refractivity contribution in [2.24, 2.45) is 10.1 Å². The van der Waals surface area contributed by atoms with Crippen LogP contribution >= 0.6 is 0 Å². The van der Waals surface area contributed by atoms with Crippen molar-refractivity contribution in [3.05, 3.63) is 0 Å². The fraction of sp³-hybridized carbons (Fsp3) is 0.667. The highest BCUT2D eigenvalue weighted by molar-refractivity contribution is 5.86. The molecule has 1 unspecified atom stereocenters. The zero-order valence-corrected chi connectivity index (χ0v) is 5.76. The molecular formula is C6H11N3. The highest BCUT2D eigenvalue weighted by Gasteiger charge is 2.01. The van der Waals surface area contributed by atoms with Gasteiger partial charge in [0.2, 0.25) is 0 Å². The van der Waals surface area contributed by atoms with Gasteiger partial charge in [0.25, 0.3) is 0 Å². The molecule has 1 rings (SSSR count). The minimum Gasteiger partial charge on any atom is -0.266 e. The van der Waals surface area contributed by atoms with Gasteiger partial charge in [-0.25, -0.2) is 0 Å². The number of nitrogens with one attached hydrogen (secondary N) is 1. The van der Waals surface area contributed by atoms with E-state index in [1.807, 2.05) is 6.92 Å². The van der Waals surface area contributed by atoms with Gasteiger partial charge in [0.15, 0.2) is 0 Å². The summed E-state index contributed by atoms with van der Waals surface area (Å²) in [5.41, 5.74) is 2.82. The van der Waals surface area contributed by atoms with Crippen LogP contribution in [-0.4, -0.2) is 18.1 Å². The lowest BCUT2D eigenvalue weighted by molar-refractivity contribution is 0.864. The number of hydrogen-bond donors (Lipinski definition) is 1. The number of amidine groups is 1. The highest BCUT2D eigenvalue weighted by atomic mass is 15.3. The number of nitrogens with zero attached hydrogens (tertiary/aromatic N) is 2. The molecule has 0 aromatic rings. The second kappa shape index (κ2) is 2.62. The van der Waals surface area contributed by atoms with Crippen molar-refractivity contribution in [1.82, 2.24) is 5.43 Å². The predicted molar refractivity (Wildman–Crippen MR) is 38.8 cm³/mol. The number of hydrazone groups is 1. The van der Waals surface area contributed by atoms with E-state index in [1.54, 1.807) is 6.21 Å². The van der Waals surface area contributed by atoms with Gasteiger partial charge in [-0.2, -0.15) is 5.10 Å². The van der Waals surface area contributed by atoms with Crippen LogP contribution in [0.15, 0.2) is 10.1 Å². The standard InChI is InChI=1S/C6H11N3/c1-3-6-8-5(2)4-7-9-6/h4-5H,3H2,1-2H3,(H,8,9). The maximum absolute atomic E-state index is 4.26. The molecule has 0 bridgehead atoms. The van der Waals surface area contributed by atoms with Gasteiger partial charge in [-0.1, -0.05) is 6.92 Å². The summed E-state index contributed by atoms with van der Waals surface area (Å²) in [4.78, 5) is 4.26. The minimum atomic E-state index is 0.251. The Morgan fingerprint density at radius 2 is 2.56 bits per heavy atom. The highest BCUT2D eigenvalue weighted by Crippen LogP contribution is 1.93. The molecule has 50 valence electrons. The third-order valence-electron chi connectivity index (χ3n) is 1.18. The molecule has 1 N–H and O–H groups in total. The molecule has 0 aromatic carbocycles. The first-order valence-corrected chi connectivity index (χ1v) is 3.18. The van der Waals surface area contributed by atoms with E-state index in [-0.39, 0.29) is 6.04 Å². The SMILES string of the molecule is CCC1=NC(C)C=NN1. The third-order valence-corrected chi connectivity index (χ3v) is 1.18. The monoisotopic (exact) mass is 125 g/mol. The van der Waals surface area contributed by atoms with E-state index in [2.05, 4.69) is 22.4 Å². The lowest BCUT2D eigenvalue weighted by atomic mass is 10.3. The summed E-state index contributed by atoms with van der Waals surface area (Å²) in [5.74, 6) is 0.977. The smallest absolute Gasteiger partial charge is 0.117 e. The van der Waals surface area contributed by atoms with Crippen LogP contribution in [0.3, 0.4) is 0 Å². The molecule has 0 saturated heterocycles. The van der Waals surface area contributed by atoms with Gasteiger partial charge in [0.1, 0.15) is 5.84 Å². The lowest BCUT2D eigenvalue weighted by Crippen LogP contribution is -2.24. The first-order valence-electron chi connectivity index (χ1n) is 3.18. The molecule has 0 radical (unpaired) electrons. The first-order chi connectivity index (χ1) is 4.33. The molecule has 1 aliphatic heterocycles. The van der Waals surface area contributed by atoms with Gasteiger partial charge < -0.3 is 0 Å². The maximum atomic E-state index is 4.26. The summed E-state index contributed by atoms with van der Waals surface area (Å²) in [5, 5.41) is 3.90. The van der Waals surface area contributed by atoms with Crippen LogP contribution in [0.1, 0.15) is 20.3 Å². The Labute approximate surface area is 54.9 Å². The Bertz CT molecular complexity index is 148. The van der Waals surface area contributed by atoms with Gasteiger partial charge in [0, 0.05) is 12.6 Å². The quantitative estimate of drug-likeness (QED) is 0.552. The second-order valence-corrected chi connectivity index (χ2v) is 2.06. The van der Waals surface area contributed by atoms with Crippen molar-refractivity contribution >= 4 is 12.1 Å². The second-order valence-electron chi connectivity index (χ2n) is 2.06. The van der Waals surface area contributed by atoms with Crippen LogP contribution in [0, 0.1) is 0 Å².